The number of primary amides is 1. The van der Waals surface area contributed by atoms with Gasteiger partial charge in [0.05, 0.1) is 17.4 Å². The van der Waals surface area contributed by atoms with Gasteiger partial charge in [-0.25, -0.2) is 4.98 Å². The zero-order chi connectivity index (χ0) is 12.8. The molecule has 0 aromatic carbocycles. The lowest BCUT2D eigenvalue weighted by Gasteiger charge is -2.09. The molecule has 0 aliphatic heterocycles. The largest absolute Gasteiger partial charge is 0.397 e. The smallest absolute Gasteiger partial charge is 0.252 e. The third-order valence-corrected chi connectivity index (χ3v) is 2.94. The molecule has 1 aromatic heterocycles. The number of amides is 1. The van der Waals surface area contributed by atoms with Crippen LogP contribution in [0.25, 0.3) is 0 Å². The van der Waals surface area contributed by atoms with E-state index in [1.54, 1.807) is 6.26 Å². The van der Waals surface area contributed by atoms with E-state index in [0.717, 1.165) is 6.42 Å². The fourth-order valence-electron chi connectivity index (χ4n) is 1.29. The maximum absolute atomic E-state index is 11.2. The second-order valence-electron chi connectivity index (χ2n) is 3.59. The van der Waals surface area contributed by atoms with E-state index in [2.05, 4.69) is 10.3 Å². The Labute approximate surface area is 102 Å². The number of rotatable bonds is 6. The summed E-state index contributed by atoms with van der Waals surface area (Å²) < 4.78 is 10.9. The van der Waals surface area contributed by atoms with Gasteiger partial charge in [-0.05, 0) is 12.5 Å². The van der Waals surface area contributed by atoms with Crippen LogP contribution >= 0.6 is 0 Å². The summed E-state index contributed by atoms with van der Waals surface area (Å²) >= 11 is 0. The van der Waals surface area contributed by atoms with E-state index in [-0.39, 0.29) is 5.56 Å². The first-order valence-corrected chi connectivity index (χ1v) is 6.82. The number of nitrogen functional groups attached to an aromatic ring is 1. The molecule has 0 radical (unpaired) electrons. The van der Waals surface area contributed by atoms with Crippen LogP contribution in [-0.2, 0) is 10.8 Å². The molecule has 7 heteroatoms. The van der Waals surface area contributed by atoms with Gasteiger partial charge in [-0.3, -0.25) is 9.00 Å². The third kappa shape index (κ3) is 4.39. The van der Waals surface area contributed by atoms with Crippen LogP contribution in [0.2, 0.25) is 0 Å². The molecule has 6 nitrogen and oxygen atoms in total. The second kappa shape index (κ2) is 6.19. The quantitative estimate of drug-likeness (QED) is 0.618. The van der Waals surface area contributed by atoms with Crippen molar-refractivity contribution in [1.29, 1.82) is 0 Å². The summed E-state index contributed by atoms with van der Waals surface area (Å²) in [5.74, 6) is 0.438. The van der Waals surface area contributed by atoms with Crippen LogP contribution in [0.1, 0.15) is 16.8 Å². The zero-order valence-corrected chi connectivity index (χ0v) is 10.4. The number of nitrogens with zero attached hydrogens (tertiary/aromatic N) is 1. The van der Waals surface area contributed by atoms with Gasteiger partial charge in [0.2, 0.25) is 0 Å². The number of pyridine rings is 1. The summed E-state index contributed by atoms with van der Waals surface area (Å²) in [5, 5.41) is 2.98. The van der Waals surface area contributed by atoms with Crippen molar-refractivity contribution in [2.24, 2.45) is 5.73 Å². The molecule has 0 bridgehead atoms. The summed E-state index contributed by atoms with van der Waals surface area (Å²) in [6.07, 6.45) is 3.83. The Kier molecular flexibility index (Phi) is 4.89. The molecular formula is C10H16N4O2S. The molecular weight excluding hydrogens is 240 g/mol. The highest BCUT2D eigenvalue weighted by Gasteiger charge is 2.09. The predicted molar refractivity (Wildman–Crippen MR) is 69.2 cm³/mol. The van der Waals surface area contributed by atoms with Crippen LogP contribution in [0.4, 0.5) is 11.5 Å². The lowest BCUT2D eigenvalue weighted by molar-refractivity contribution is 0.100. The van der Waals surface area contributed by atoms with Gasteiger partial charge in [-0.1, -0.05) is 0 Å². The highest BCUT2D eigenvalue weighted by atomic mass is 32.2. The highest BCUT2D eigenvalue weighted by Crippen LogP contribution is 2.14. The average molecular weight is 256 g/mol. The van der Waals surface area contributed by atoms with Crippen molar-refractivity contribution in [2.75, 3.05) is 29.6 Å². The standard InChI is InChI=1S/C10H16N4O2S/c1-17(16)4-2-3-13-10-8(9(12)15)5-7(11)6-14-10/h5-6H,2-4,11H2,1H3,(H2,12,15)(H,13,14). The molecule has 0 saturated heterocycles. The lowest BCUT2D eigenvalue weighted by Crippen LogP contribution is -2.17. The van der Waals surface area contributed by atoms with Crippen molar-refractivity contribution >= 4 is 28.2 Å². The first-order chi connectivity index (χ1) is 8.00. The molecule has 1 heterocycles. The van der Waals surface area contributed by atoms with Crippen molar-refractivity contribution in [3.05, 3.63) is 17.8 Å². The SMILES string of the molecule is CS(=O)CCCNc1ncc(N)cc1C(N)=O. The van der Waals surface area contributed by atoms with Gasteiger partial charge < -0.3 is 16.8 Å². The van der Waals surface area contributed by atoms with Crippen LogP contribution in [-0.4, -0.2) is 33.7 Å². The zero-order valence-electron chi connectivity index (χ0n) is 9.60. The van der Waals surface area contributed by atoms with E-state index < -0.39 is 16.7 Å². The molecule has 94 valence electrons. The number of carbonyl (C=O) groups is 1. The van der Waals surface area contributed by atoms with Crippen LogP contribution < -0.4 is 16.8 Å². The molecule has 1 unspecified atom stereocenters. The van der Waals surface area contributed by atoms with Gasteiger partial charge in [-0.15, -0.1) is 0 Å². The average Bonchev–Trinajstić information content (AvgIpc) is 2.25. The van der Waals surface area contributed by atoms with Crippen molar-refractivity contribution in [2.45, 2.75) is 6.42 Å². The number of aromatic nitrogens is 1. The second-order valence-corrected chi connectivity index (χ2v) is 5.14. The third-order valence-electron chi connectivity index (χ3n) is 2.08. The van der Waals surface area contributed by atoms with Crippen LogP contribution in [0.5, 0.6) is 0 Å². The van der Waals surface area contributed by atoms with Gasteiger partial charge >= 0.3 is 0 Å². The summed E-state index contributed by atoms with van der Waals surface area (Å²) in [7, 11) is -0.813. The van der Waals surface area contributed by atoms with Crippen molar-refractivity contribution in [3.8, 4) is 0 Å². The summed E-state index contributed by atoms with van der Waals surface area (Å²) in [6, 6.07) is 1.48. The predicted octanol–water partition coefficient (Wildman–Crippen LogP) is -0.0568. The van der Waals surface area contributed by atoms with Crippen molar-refractivity contribution in [1.82, 2.24) is 4.98 Å². The van der Waals surface area contributed by atoms with Crippen molar-refractivity contribution < 1.29 is 9.00 Å². The summed E-state index contributed by atoms with van der Waals surface area (Å²) in [6.45, 7) is 0.580. The topological polar surface area (TPSA) is 111 Å². The summed E-state index contributed by atoms with van der Waals surface area (Å²) in [5.41, 5.74) is 11.4. The number of hydrogen-bond donors (Lipinski definition) is 3. The van der Waals surface area contributed by atoms with Gasteiger partial charge in [0, 0.05) is 29.4 Å². The Balaban J connectivity index is 2.64. The number of hydrogen-bond acceptors (Lipinski definition) is 5. The Morgan fingerprint density at radius 3 is 2.88 bits per heavy atom. The first-order valence-electron chi connectivity index (χ1n) is 5.10. The molecule has 17 heavy (non-hydrogen) atoms. The van der Waals surface area contributed by atoms with Crippen LogP contribution in [0.3, 0.4) is 0 Å². The maximum atomic E-state index is 11.2. The monoisotopic (exact) mass is 256 g/mol. The van der Waals surface area contributed by atoms with E-state index in [1.165, 1.54) is 12.3 Å². The fraction of sp³-hybridized carbons (Fsp3) is 0.400. The van der Waals surface area contributed by atoms with E-state index in [1.807, 2.05) is 0 Å². The van der Waals surface area contributed by atoms with Gasteiger partial charge in [0.25, 0.3) is 5.91 Å². The van der Waals surface area contributed by atoms with Gasteiger partial charge in [0.1, 0.15) is 5.82 Å². The summed E-state index contributed by atoms with van der Waals surface area (Å²) in [4.78, 5) is 15.2. The number of nitrogens with two attached hydrogens (primary N) is 2. The fourth-order valence-corrected chi connectivity index (χ4v) is 1.84. The molecule has 1 rings (SSSR count). The molecule has 1 aromatic rings. The molecule has 0 aliphatic carbocycles. The Morgan fingerprint density at radius 2 is 2.29 bits per heavy atom. The Bertz CT molecular complexity index is 436. The minimum absolute atomic E-state index is 0.266. The van der Waals surface area contributed by atoms with E-state index >= 15 is 0 Å². The van der Waals surface area contributed by atoms with E-state index in [0.29, 0.717) is 23.8 Å². The van der Waals surface area contributed by atoms with Gasteiger partial charge in [-0.2, -0.15) is 0 Å². The van der Waals surface area contributed by atoms with Crippen LogP contribution in [0, 0.1) is 0 Å². The molecule has 0 aliphatic rings. The normalized spacial score (nSPS) is 12.1. The lowest BCUT2D eigenvalue weighted by atomic mass is 10.2. The highest BCUT2D eigenvalue weighted by molar-refractivity contribution is 7.84. The van der Waals surface area contributed by atoms with Crippen molar-refractivity contribution in [3.63, 3.8) is 0 Å². The van der Waals surface area contributed by atoms with E-state index in [4.69, 9.17) is 11.5 Å². The van der Waals surface area contributed by atoms with Gasteiger partial charge in [0.15, 0.2) is 0 Å². The molecule has 0 fully saturated rings. The number of nitrogens with one attached hydrogen (secondary N) is 1. The molecule has 1 atom stereocenters. The minimum atomic E-state index is -0.813. The Morgan fingerprint density at radius 1 is 1.59 bits per heavy atom. The molecule has 5 N–H and O–H groups in total. The first kappa shape index (κ1) is 13.4. The molecule has 0 spiro atoms. The minimum Gasteiger partial charge on any atom is -0.397 e. The number of anilines is 2. The number of carbonyl (C=O) groups excluding carboxylic acids is 1. The molecule has 0 saturated carbocycles. The molecule has 1 amide bonds. The maximum Gasteiger partial charge on any atom is 0.252 e. The van der Waals surface area contributed by atoms with E-state index in [9.17, 15) is 9.00 Å². The Hall–Kier alpha value is -1.63. The van der Waals surface area contributed by atoms with Crippen LogP contribution in [0.15, 0.2) is 12.3 Å².